The molecule has 15 heavy (non-hydrogen) atoms. The summed E-state index contributed by atoms with van der Waals surface area (Å²) in [5.41, 5.74) is 0.899. The molecule has 0 aliphatic rings. The summed E-state index contributed by atoms with van der Waals surface area (Å²) >= 11 is 0. The first kappa shape index (κ1) is 12.1. The van der Waals surface area contributed by atoms with Crippen LogP contribution in [0.5, 0.6) is 0 Å². The van der Waals surface area contributed by atoms with Gasteiger partial charge in [-0.15, -0.1) is 0 Å². The fraction of sp³-hybridized carbons (Fsp3) is 0.545. The number of hydrogen-bond donors (Lipinski definition) is 1. The molecule has 0 saturated heterocycles. The van der Waals surface area contributed by atoms with Gasteiger partial charge < -0.3 is 5.32 Å². The van der Waals surface area contributed by atoms with E-state index >= 15 is 0 Å². The van der Waals surface area contributed by atoms with Crippen molar-refractivity contribution in [1.82, 2.24) is 15.2 Å². The Hall–Kier alpha value is -1.00. The normalized spacial score (nSPS) is 10.9. The number of nitrogens with zero attached hydrogens (tertiary/aromatic N) is 2. The number of rotatable bonds is 6. The Morgan fingerprint density at radius 3 is 2.87 bits per heavy atom. The molecule has 0 aliphatic heterocycles. The molecule has 0 amide bonds. The second kappa shape index (κ2) is 6.48. The molecule has 0 unspecified atom stereocenters. The predicted molar refractivity (Wildman–Crippen MR) is 59.1 cm³/mol. The minimum atomic E-state index is -0.283. The molecule has 0 spiro atoms. The molecule has 4 heteroatoms. The van der Waals surface area contributed by atoms with Crippen LogP contribution in [0.1, 0.15) is 12.6 Å². The molecule has 0 bridgehead atoms. The van der Waals surface area contributed by atoms with E-state index in [2.05, 4.69) is 22.1 Å². The van der Waals surface area contributed by atoms with Gasteiger partial charge in [-0.25, -0.2) is 4.39 Å². The second-order valence-electron chi connectivity index (χ2n) is 3.56. The second-order valence-corrected chi connectivity index (χ2v) is 3.56. The Morgan fingerprint density at radius 2 is 2.27 bits per heavy atom. The first-order valence-corrected chi connectivity index (χ1v) is 5.22. The molecule has 0 atom stereocenters. The fourth-order valence-corrected chi connectivity index (χ4v) is 1.30. The van der Waals surface area contributed by atoms with Gasteiger partial charge in [0.2, 0.25) is 0 Å². The topological polar surface area (TPSA) is 28.2 Å². The van der Waals surface area contributed by atoms with E-state index in [9.17, 15) is 4.39 Å². The average Bonchev–Trinajstić information content (AvgIpc) is 2.22. The van der Waals surface area contributed by atoms with E-state index in [1.54, 1.807) is 6.07 Å². The average molecular weight is 211 g/mol. The van der Waals surface area contributed by atoms with Crippen molar-refractivity contribution in [3.8, 4) is 0 Å². The van der Waals surface area contributed by atoms with Crippen molar-refractivity contribution < 1.29 is 4.39 Å². The van der Waals surface area contributed by atoms with E-state index in [0.717, 1.165) is 31.9 Å². The molecule has 1 N–H and O–H groups in total. The van der Waals surface area contributed by atoms with Crippen LogP contribution in [0.2, 0.25) is 0 Å². The number of aromatic nitrogens is 1. The Labute approximate surface area is 90.3 Å². The van der Waals surface area contributed by atoms with Crippen molar-refractivity contribution in [2.75, 3.05) is 26.7 Å². The Balaban J connectivity index is 2.31. The summed E-state index contributed by atoms with van der Waals surface area (Å²) in [6.07, 6.45) is 1.26. The van der Waals surface area contributed by atoms with Gasteiger partial charge in [0.05, 0.1) is 11.9 Å². The molecular formula is C11H18FN3. The van der Waals surface area contributed by atoms with Crippen molar-refractivity contribution >= 4 is 0 Å². The lowest BCUT2D eigenvalue weighted by molar-refractivity contribution is 0.321. The number of halogens is 1. The van der Waals surface area contributed by atoms with E-state index < -0.39 is 0 Å². The third-order valence-corrected chi connectivity index (χ3v) is 2.14. The molecule has 0 aromatic carbocycles. The SMILES string of the molecule is CCNCCN(C)Cc1ccc(F)cn1. The molecule has 1 heterocycles. The fourth-order valence-electron chi connectivity index (χ4n) is 1.30. The number of pyridine rings is 1. The van der Waals surface area contributed by atoms with Gasteiger partial charge in [0.25, 0.3) is 0 Å². The van der Waals surface area contributed by atoms with E-state index in [1.165, 1.54) is 12.3 Å². The summed E-state index contributed by atoms with van der Waals surface area (Å²) in [6.45, 7) is 5.76. The van der Waals surface area contributed by atoms with Crippen LogP contribution in [0.15, 0.2) is 18.3 Å². The van der Waals surface area contributed by atoms with Crippen molar-refractivity contribution in [2.45, 2.75) is 13.5 Å². The van der Waals surface area contributed by atoms with Crippen molar-refractivity contribution in [2.24, 2.45) is 0 Å². The van der Waals surface area contributed by atoms with E-state index in [1.807, 2.05) is 7.05 Å². The minimum absolute atomic E-state index is 0.283. The van der Waals surface area contributed by atoms with Crippen LogP contribution >= 0.6 is 0 Å². The summed E-state index contributed by atoms with van der Waals surface area (Å²) < 4.78 is 12.6. The third kappa shape index (κ3) is 4.85. The van der Waals surface area contributed by atoms with Gasteiger partial charge >= 0.3 is 0 Å². The standard InChI is InChI=1S/C11H18FN3/c1-3-13-6-7-15(2)9-11-5-4-10(12)8-14-11/h4-5,8,13H,3,6-7,9H2,1-2H3. The number of nitrogens with one attached hydrogen (secondary N) is 1. The quantitative estimate of drug-likeness (QED) is 0.718. The monoisotopic (exact) mass is 211 g/mol. The van der Waals surface area contributed by atoms with Crippen LogP contribution in [0.4, 0.5) is 4.39 Å². The maximum atomic E-state index is 12.6. The highest BCUT2D eigenvalue weighted by atomic mass is 19.1. The molecule has 1 aromatic heterocycles. The smallest absolute Gasteiger partial charge is 0.141 e. The Kier molecular flexibility index (Phi) is 5.21. The Bertz CT molecular complexity index is 274. The third-order valence-electron chi connectivity index (χ3n) is 2.14. The predicted octanol–water partition coefficient (Wildman–Crippen LogP) is 1.26. The van der Waals surface area contributed by atoms with Crippen LogP contribution < -0.4 is 5.32 Å². The zero-order valence-corrected chi connectivity index (χ0v) is 9.33. The maximum absolute atomic E-state index is 12.6. The molecule has 0 fully saturated rings. The van der Waals surface area contributed by atoms with Gasteiger partial charge in [-0.1, -0.05) is 6.92 Å². The first-order valence-electron chi connectivity index (χ1n) is 5.22. The van der Waals surface area contributed by atoms with Crippen molar-refractivity contribution in [1.29, 1.82) is 0 Å². The summed E-state index contributed by atoms with van der Waals surface area (Å²) in [5.74, 6) is -0.283. The maximum Gasteiger partial charge on any atom is 0.141 e. The van der Waals surface area contributed by atoms with E-state index in [0.29, 0.717) is 0 Å². The first-order chi connectivity index (χ1) is 7.22. The zero-order valence-electron chi connectivity index (χ0n) is 9.33. The van der Waals surface area contributed by atoms with Gasteiger partial charge in [-0.05, 0) is 25.7 Å². The molecule has 1 rings (SSSR count). The van der Waals surface area contributed by atoms with E-state index in [4.69, 9.17) is 0 Å². The minimum Gasteiger partial charge on any atom is -0.316 e. The summed E-state index contributed by atoms with van der Waals surface area (Å²) in [4.78, 5) is 6.17. The van der Waals surface area contributed by atoms with Gasteiger partial charge in [0.1, 0.15) is 5.82 Å². The van der Waals surface area contributed by atoms with Gasteiger partial charge in [0, 0.05) is 19.6 Å². The lowest BCUT2D eigenvalue weighted by Crippen LogP contribution is -2.29. The van der Waals surface area contributed by atoms with Crippen LogP contribution in [0, 0.1) is 5.82 Å². The van der Waals surface area contributed by atoms with Crippen LogP contribution in [0.3, 0.4) is 0 Å². The van der Waals surface area contributed by atoms with Crippen LogP contribution in [-0.4, -0.2) is 36.6 Å². The largest absolute Gasteiger partial charge is 0.316 e. The summed E-state index contributed by atoms with van der Waals surface area (Å²) in [7, 11) is 2.03. The highest BCUT2D eigenvalue weighted by Crippen LogP contribution is 2.00. The molecular weight excluding hydrogens is 193 g/mol. The molecule has 0 aliphatic carbocycles. The molecule has 1 aromatic rings. The molecule has 84 valence electrons. The van der Waals surface area contributed by atoms with E-state index in [-0.39, 0.29) is 5.82 Å². The lowest BCUT2D eigenvalue weighted by atomic mass is 10.3. The van der Waals surface area contributed by atoms with Gasteiger partial charge in [0.15, 0.2) is 0 Å². The van der Waals surface area contributed by atoms with Crippen molar-refractivity contribution in [3.05, 3.63) is 29.8 Å². The lowest BCUT2D eigenvalue weighted by Gasteiger charge is -2.15. The molecule has 0 saturated carbocycles. The Morgan fingerprint density at radius 1 is 1.47 bits per heavy atom. The van der Waals surface area contributed by atoms with Gasteiger partial charge in [-0.2, -0.15) is 0 Å². The molecule has 3 nitrogen and oxygen atoms in total. The number of hydrogen-bond acceptors (Lipinski definition) is 3. The highest BCUT2D eigenvalue weighted by Gasteiger charge is 2.00. The van der Waals surface area contributed by atoms with Gasteiger partial charge in [-0.3, -0.25) is 9.88 Å². The molecule has 0 radical (unpaired) electrons. The summed E-state index contributed by atoms with van der Waals surface area (Å²) in [6, 6.07) is 3.17. The van der Waals surface area contributed by atoms with Crippen LogP contribution in [0.25, 0.3) is 0 Å². The van der Waals surface area contributed by atoms with Crippen LogP contribution in [-0.2, 0) is 6.54 Å². The zero-order chi connectivity index (χ0) is 11.1. The summed E-state index contributed by atoms with van der Waals surface area (Å²) in [5, 5.41) is 3.25. The number of likely N-dealkylation sites (N-methyl/N-ethyl adjacent to an activating group) is 2. The highest BCUT2D eigenvalue weighted by molar-refractivity contribution is 5.04. The van der Waals surface area contributed by atoms with Crippen molar-refractivity contribution in [3.63, 3.8) is 0 Å².